The Hall–Kier alpha value is -1.03. The lowest BCUT2D eigenvalue weighted by molar-refractivity contribution is -0.252. The normalized spacial score (nSPS) is 32.7. The SMILES string of the molecule is O=C(N[C@H]1C(O)O[C@H](CO)[C@@H](O)[C@@H]1O)c1cccc(Br)c1. The molecule has 21 heavy (non-hydrogen) atoms. The van der Waals surface area contributed by atoms with Crippen LogP contribution in [0.5, 0.6) is 0 Å². The minimum atomic E-state index is -1.53. The Morgan fingerprint density at radius 3 is 2.62 bits per heavy atom. The van der Waals surface area contributed by atoms with Gasteiger partial charge in [-0.2, -0.15) is 0 Å². The fourth-order valence-electron chi connectivity index (χ4n) is 2.12. The zero-order valence-electron chi connectivity index (χ0n) is 10.9. The highest BCUT2D eigenvalue weighted by Crippen LogP contribution is 2.20. The Balaban J connectivity index is 2.09. The molecule has 0 spiro atoms. The Bertz CT molecular complexity index is 513. The molecule has 0 radical (unpaired) electrons. The van der Waals surface area contributed by atoms with Crippen LogP contribution in [0.3, 0.4) is 0 Å². The third-order valence-electron chi connectivity index (χ3n) is 3.28. The maximum atomic E-state index is 12.1. The van der Waals surface area contributed by atoms with E-state index in [9.17, 15) is 20.1 Å². The Morgan fingerprint density at radius 2 is 2.00 bits per heavy atom. The van der Waals surface area contributed by atoms with Crippen LogP contribution in [-0.2, 0) is 4.74 Å². The lowest BCUT2D eigenvalue weighted by Gasteiger charge is -2.40. The van der Waals surface area contributed by atoms with E-state index in [1.54, 1.807) is 24.3 Å². The van der Waals surface area contributed by atoms with Gasteiger partial charge in [0.25, 0.3) is 5.91 Å². The molecule has 1 saturated heterocycles. The van der Waals surface area contributed by atoms with Crippen molar-refractivity contribution in [2.24, 2.45) is 0 Å². The van der Waals surface area contributed by atoms with Gasteiger partial charge in [-0.05, 0) is 18.2 Å². The number of aliphatic hydroxyl groups is 4. The lowest BCUT2D eigenvalue weighted by atomic mass is 9.97. The number of hydrogen-bond acceptors (Lipinski definition) is 6. The van der Waals surface area contributed by atoms with Crippen molar-refractivity contribution in [3.8, 4) is 0 Å². The van der Waals surface area contributed by atoms with Gasteiger partial charge < -0.3 is 30.5 Å². The molecule has 1 aliphatic heterocycles. The van der Waals surface area contributed by atoms with Crippen molar-refractivity contribution in [1.29, 1.82) is 0 Å². The van der Waals surface area contributed by atoms with E-state index in [4.69, 9.17) is 9.84 Å². The second-order valence-electron chi connectivity index (χ2n) is 4.74. The van der Waals surface area contributed by atoms with E-state index in [0.29, 0.717) is 10.0 Å². The van der Waals surface area contributed by atoms with E-state index in [-0.39, 0.29) is 0 Å². The maximum absolute atomic E-state index is 12.1. The van der Waals surface area contributed by atoms with Crippen molar-refractivity contribution in [3.05, 3.63) is 34.3 Å². The quantitative estimate of drug-likeness (QED) is 0.470. The van der Waals surface area contributed by atoms with Gasteiger partial charge in [-0.1, -0.05) is 22.0 Å². The molecule has 8 heteroatoms. The fraction of sp³-hybridized carbons (Fsp3) is 0.462. The summed E-state index contributed by atoms with van der Waals surface area (Å²) in [6, 6.07) is 5.36. The monoisotopic (exact) mass is 361 g/mol. The second kappa shape index (κ2) is 6.82. The number of benzene rings is 1. The molecule has 0 aromatic heterocycles. The molecule has 1 aromatic rings. The van der Waals surface area contributed by atoms with Crippen LogP contribution in [0.25, 0.3) is 0 Å². The first-order valence-corrected chi connectivity index (χ1v) is 7.10. The molecule has 0 saturated carbocycles. The van der Waals surface area contributed by atoms with Gasteiger partial charge in [-0.15, -0.1) is 0 Å². The molecule has 7 nitrogen and oxygen atoms in total. The lowest BCUT2D eigenvalue weighted by Crippen LogP contribution is -2.64. The summed E-state index contributed by atoms with van der Waals surface area (Å²) in [6.45, 7) is -0.554. The van der Waals surface area contributed by atoms with Crippen LogP contribution >= 0.6 is 15.9 Å². The van der Waals surface area contributed by atoms with E-state index in [1.807, 2.05) is 0 Å². The van der Waals surface area contributed by atoms with Crippen LogP contribution in [0.2, 0.25) is 0 Å². The van der Waals surface area contributed by atoms with Gasteiger partial charge in [0.15, 0.2) is 6.29 Å². The molecule has 1 fully saturated rings. The predicted molar refractivity (Wildman–Crippen MR) is 75.4 cm³/mol. The molecule has 1 aliphatic rings. The van der Waals surface area contributed by atoms with Crippen LogP contribution in [0.4, 0.5) is 0 Å². The summed E-state index contributed by atoms with van der Waals surface area (Å²) < 4.78 is 5.67. The highest BCUT2D eigenvalue weighted by atomic mass is 79.9. The van der Waals surface area contributed by atoms with Gasteiger partial charge in [-0.3, -0.25) is 4.79 Å². The minimum absolute atomic E-state index is 0.322. The summed E-state index contributed by atoms with van der Waals surface area (Å²) >= 11 is 3.23. The Kier molecular flexibility index (Phi) is 5.31. The van der Waals surface area contributed by atoms with E-state index < -0.39 is 43.2 Å². The number of aliphatic hydroxyl groups excluding tert-OH is 4. The second-order valence-corrected chi connectivity index (χ2v) is 5.65. The standard InChI is InChI=1S/C13H16BrNO6/c14-7-3-1-2-6(4-7)12(19)15-9-11(18)10(17)8(5-16)21-13(9)20/h1-4,8-11,13,16-18,20H,5H2,(H,15,19)/t8-,9-,10-,11-,13?/m1/s1. The Labute approximate surface area is 129 Å². The van der Waals surface area contributed by atoms with Crippen molar-refractivity contribution in [1.82, 2.24) is 5.32 Å². The maximum Gasteiger partial charge on any atom is 0.251 e. The summed E-state index contributed by atoms with van der Waals surface area (Å²) in [5.74, 6) is -0.530. The summed E-state index contributed by atoms with van der Waals surface area (Å²) in [4.78, 5) is 12.1. The van der Waals surface area contributed by atoms with Gasteiger partial charge in [0, 0.05) is 10.0 Å². The first-order valence-electron chi connectivity index (χ1n) is 6.31. The van der Waals surface area contributed by atoms with E-state index in [2.05, 4.69) is 21.2 Å². The largest absolute Gasteiger partial charge is 0.394 e. The molecule has 2 rings (SSSR count). The third kappa shape index (κ3) is 3.60. The van der Waals surface area contributed by atoms with Gasteiger partial charge in [0.2, 0.25) is 0 Å². The van der Waals surface area contributed by atoms with Crippen molar-refractivity contribution in [2.45, 2.75) is 30.6 Å². The molecule has 0 aliphatic carbocycles. The molecule has 5 atom stereocenters. The first-order chi connectivity index (χ1) is 9.93. The minimum Gasteiger partial charge on any atom is -0.394 e. The van der Waals surface area contributed by atoms with Crippen molar-refractivity contribution < 1.29 is 30.0 Å². The average molecular weight is 362 g/mol. The average Bonchev–Trinajstić information content (AvgIpc) is 2.47. The van der Waals surface area contributed by atoms with Crippen LogP contribution in [0.1, 0.15) is 10.4 Å². The molecular weight excluding hydrogens is 346 g/mol. The van der Waals surface area contributed by atoms with Gasteiger partial charge in [0.05, 0.1) is 6.61 Å². The molecule has 5 N–H and O–H groups in total. The van der Waals surface area contributed by atoms with Gasteiger partial charge in [0.1, 0.15) is 24.4 Å². The highest BCUT2D eigenvalue weighted by molar-refractivity contribution is 9.10. The zero-order valence-corrected chi connectivity index (χ0v) is 12.5. The first kappa shape index (κ1) is 16.3. The molecular formula is C13H16BrNO6. The highest BCUT2D eigenvalue weighted by Gasteiger charge is 2.44. The fourth-order valence-corrected chi connectivity index (χ4v) is 2.52. The number of carbonyl (C=O) groups excluding carboxylic acids is 1. The van der Waals surface area contributed by atoms with Crippen molar-refractivity contribution >= 4 is 21.8 Å². The summed E-state index contributed by atoms with van der Waals surface area (Å²) in [5.41, 5.74) is 0.322. The van der Waals surface area contributed by atoms with Crippen molar-refractivity contribution in [3.63, 3.8) is 0 Å². The number of carbonyl (C=O) groups is 1. The zero-order chi connectivity index (χ0) is 15.6. The molecule has 1 unspecified atom stereocenters. The van der Waals surface area contributed by atoms with Crippen LogP contribution in [0.15, 0.2) is 28.7 Å². The summed E-state index contributed by atoms with van der Waals surface area (Å²) in [6.07, 6.45) is -5.50. The van der Waals surface area contributed by atoms with E-state index in [0.717, 1.165) is 0 Å². The molecule has 1 amide bonds. The van der Waals surface area contributed by atoms with Gasteiger partial charge in [-0.25, -0.2) is 0 Å². The van der Waals surface area contributed by atoms with E-state index >= 15 is 0 Å². The molecule has 1 heterocycles. The topological polar surface area (TPSA) is 119 Å². The molecule has 1 aromatic carbocycles. The third-order valence-corrected chi connectivity index (χ3v) is 3.78. The smallest absolute Gasteiger partial charge is 0.251 e. The van der Waals surface area contributed by atoms with E-state index in [1.165, 1.54) is 0 Å². The number of nitrogens with one attached hydrogen (secondary N) is 1. The van der Waals surface area contributed by atoms with Crippen LogP contribution in [0, 0.1) is 0 Å². The number of hydrogen-bond donors (Lipinski definition) is 5. The van der Waals surface area contributed by atoms with Crippen LogP contribution < -0.4 is 5.32 Å². The molecule has 0 bridgehead atoms. The van der Waals surface area contributed by atoms with Crippen molar-refractivity contribution in [2.75, 3.05) is 6.61 Å². The number of amides is 1. The van der Waals surface area contributed by atoms with Crippen LogP contribution in [-0.4, -0.2) is 63.6 Å². The van der Waals surface area contributed by atoms with Gasteiger partial charge >= 0.3 is 0 Å². The number of rotatable bonds is 3. The summed E-state index contributed by atoms with van der Waals surface area (Å²) in [7, 11) is 0. The molecule has 116 valence electrons. The number of halogens is 1. The number of ether oxygens (including phenoxy) is 1. The summed E-state index contributed by atoms with van der Waals surface area (Å²) in [5, 5.41) is 40.8. The predicted octanol–water partition coefficient (Wildman–Crippen LogP) is -1.02. The Morgan fingerprint density at radius 1 is 1.29 bits per heavy atom.